The molecule has 3 rings (SSSR count). The summed E-state index contributed by atoms with van der Waals surface area (Å²) >= 11 is 0. The van der Waals surface area contributed by atoms with Gasteiger partial charge in [0.2, 0.25) is 11.8 Å². The van der Waals surface area contributed by atoms with Gasteiger partial charge < -0.3 is 0 Å². The number of allylic oxidation sites excluding steroid dienone is 2. The van der Waals surface area contributed by atoms with Crippen molar-refractivity contribution in [2.45, 2.75) is 32.7 Å². The molecule has 1 N–H and O–H groups in total. The van der Waals surface area contributed by atoms with Gasteiger partial charge in [0.25, 0.3) is 0 Å². The van der Waals surface area contributed by atoms with Crippen LogP contribution in [0.2, 0.25) is 0 Å². The van der Waals surface area contributed by atoms with Crippen LogP contribution in [0.25, 0.3) is 0 Å². The predicted octanol–water partition coefficient (Wildman–Crippen LogP) is 3.16. The van der Waals surface area contributed by atoms with E-state index in [1.165, 1.54) is 0 Å². The highest BCUT2D eigenvalue weighted by Crippen LogP contribution is 2.36. The van der Waals surface area contributed by atoms with Crippen LogP contribution in [0.4, 0.5) is 4.79 Å². The molecule has 1 aromatic rings. The van der Waals surface area contributed by atoms with Crippen molar-refractivity contribution >= 4 is 17.8 Å². The summed E-state index contributed by atoms with van der Waals surface area (Å²) in [6, 6.07) is 8.09. The van der Waals surface area contributed by atoms with Crippen LogP contribution < -0.4 is 5.32 Å². The fourth-order valence-corrected chi connectivity index (χ4v) is 3.66. The van der Waals surface area contributed by atoms with E-state index in [1.807, 2.05) is 54.6 Å². The number of fused-ring (bicyclic) bond motifs is 1. The molecule has 2 radical (unpaired) electrons. The first-order chi connectivity index (χ1) is 13.0. The van der Waals surface area contributed by atoms with E-state index in [0.29, 0.717) is 5.92 Å². The van der Waals surface area contributed by atoms with Crippen LogP contribution in [0.15, 0.2) is 54.6 Å². The van der Waals surface area contributed by atoms with Gasteiger partial charge in [-0.1, -0.05) is 68.5 Å². The Labute approximate surface area is 160 Å². The molecule has 5 nitrogen and oxygen atoms in total. The zero-order valence-corrected chi connectivity index (χ0v) is 15.6. The van der Waals surface area contributed by atoms with Gasteiger partial charge in [0, 0.05) is 5.92 Å². The lowest BCUT2D eigenvalue weighted by Crippen LogP contribution is -2.58. The fourth-order valence-electron chi connectivity index (χ4n) is 3.66. The lowest BCUT2D eigenvalue weighted by atomic mass is 9.74. The summed E-state index contributed by atoms with van der Waals surface area (Å²) in [5, 5.41) is 2.35. The number of imide groups is 2. The van der Waals surface area contributed by atoms with E-state index in [0.717, 1.165) is 16.9 Å². The molecule has 2 aliphatic rings. The van der Waals surface area contributed by atoms with Gasteiger partial charge in [-0.3, -0.25) is 19.8 Å². The van der Waals surface area contributed by atoms with Gasteiger partial charge in [0.1, 0.15) is 0 Å². The second-order valence-electron chi connectivity index (χ2n) is 7.41. The maximum absolute atomic E-state index is 12.7. The summed E-state index contributed by atoms with van der Waals surface area (Å²) in [5.41, 5.74) is 0.807. The molecule has 1 aliphatic carbocycles. The van der Waals surface area contributed by atoms with Crippen LogP contribution in [-0.4, -0.2) is 28.8 Å². The maximum atomic E-state index is 12.7. The van der Waals surface area contributed by atoms with Crippen LogP contribution in [0.1, 0.15) is 25.8 Å². The topological polar surface area (TPSA) is 66.5 Å². The average molecular weight is 364 g/mol. The summed E-state index contributed by atoms with van der Waals surface area (Å²) in [6.45, 7) is 4.20. The van der Waals surface area contributed by atoms with Gasteiger partial charge in [-0.2, -0.15) is 0 Å². The first-order valence-electron chi connectivity index (χ1n) is 9.28. The molecule has 0 bridgehead atoms. The maximum Gasteiger partial charge on any atom is 0.331 e. The molecule has 1 fully saturated rings. The zero-order chi connectivity index (χ0) is 19.4. The summed E-state index contributed by atoms with van der Waals surface area (Å²) in [5.74, 6) is -0.525. The molecular formula is C22H24N2O3. The Hall–Kier alpha value is -2.69. The lowest BCUT2D eigenvalue weighted by molar-refractivity contribution is -0.130. The van der Waals surface area contributed by atoms with Gasteiger partial charge in [-0.05, 0) is 23.8 Å². The number of benzene rings is 1. The minimum absolute atomic E-state index is 0.00919. The minimum atomic E-state index is -0.689. The SMILES string of the molecule is CC(C)CC1[C]C(=O)N(C(=O)NC(=O)Cc2ccccc2)C2C=CC=CC12. The average Bonchev–Trinajstić information content (AvgIpc) is 2.62. The molecule has 3 atom stereocenters. The third-order valence-electron chi connectivity index (χ3n) is 4.84. The molecule has 1 aliphatic heterocycles. The van der Waals surface area contributed by atoms with Crippen molar-refractivity contribution in [3.63, 3.8) is 0 Å². The Morgan fingerprint density at radius 3 is 2.56 bits per heavy atom. The highest BCUT2D eigenvalue weighted by molar-refractivity contribution is 6.05. The molecule has 0 spiro atoms. The quantitative estimate of drug-likeness (QED) is 0.892. The molecule has 1 saturated heterocycles. The molecule has 4 amide bonds. The molecule has 0 aromatic heterocycles. The number of carbonyl (C=O) groups is 3. The predicted molar refractivity (Wildman–Crippen MR) is 102 cm³/mol. The first-order valence-corrected chi connectivity index (χ1v) is 9.28. The Kier molecular flexibility index (Phi) is 5.89. The van der Waals surface area contributed by atoms with E-state index in [4.69, 9.17) is 0 Å². The van der Waals surface area contributed by atoms with Gasteiger partial charge >= 0.3 is 6.03 Å². The van der Waals surface area contributed by atoms with E-state index >= 15 is 0 Å². The number of nitrogens with one attached hydrogen (secondary N) is 1. The number of likely N-dealkylation sites (tertiary alicyclic amines) is 1. The third-order valence-corrected chi connectivity index (χ3v) is 4.84. The summed E-state index contributed by atoms with van der Waals surface area (Å²) in [7, 11) is 0. The van der Waals surface area contributed by atoms with Crippen LogP contribution in [0.5, 0.6) is 0 Å². The second-order valence-corrected chi connectivity index (χ2v) is 7.41. The van der Waals surface area contributed by atoms with Crippen molar-refractivity contribution in [1.82, 2.24) is 10.2 Å². The number of carbonyl (C=O) groups excluding carboxylic acids is 3. The largest absolute Gasteiger partial charge is 0.331 e. The van der Waals surface area contributed by atoms with E-state index in [9.17, 15) is 14.4 Å². The van der Waals surface area contributed by atoms with E-state index in [-0.39, 0.29) is 18.3 Å². The van der Waals surface area contributed by atoms with Crippen molar-refractivity contribution in [3.8, 4) is 0 Å². The van der Waals surface area contributed by atoms with Gasteiger partial charge in [0.15, 0.2) is 0 Å². The first kappa shape index (κ1) is 19.1. The smallest absolute Gasteiger partial charge is 0.277 e. The third kappa shape index (κ3) is 4.54. The molecule has 0 saturated carbocycles. The van der Waals surface area contributed by atoms with E-state index in [1.54, 1.807) is 0 Å². The Morgan fingerprint density at radius 1 is 1.15 bits per heavy atom. The number of hydrogen-bond donors (Lipinski definition) is 1. The van der Waals surface area contributed by atoms with Crippen molar-refractivity contribution in [2.75, 3.05) is 0 Å². The molecule has 140 valence electrons. The minimum Gasteiger partial charge on any atom is -0.277 e. The second kappa shape index (κ2) is 8.33. The van der Waals surface area contributed by atoms with Crippen molar-refractivity contribution < 1.29 is 14.4 Å². The van der Waals surface area contributed by atoms with Gasteiger partial charge in [0.05, 0.1) is 18.9 Å². The summed E-state index contributed by atoms with van der Waals surface area (Å²) in [4.78, 5) is 38.6. The molecular weight excluding hydrogens is 340 g/mol. The van der Waals surface area contributed by atoms with Gasteiger partial charge in [-0.15, -0.1) is 0 Å². The van der Waals surface area contributed by atoms with Crippen molar-refractivity contribution in [1.29, 1.82) is 0 Å². The van der Waals surface area contributed by atoms with Crippen LogP contribution in [-0.2, 0) is 16.0 Å². The van der Waals surface area contributed by atoms with Crippen LogP contribution in [0.3, 0.4) is 0 Å². The lowest BCUT2D eigenvalue weighted by Gasteiger charge is -2.42. The number of urea groups is 1. The summed E-state index contributed by atoms with van der Waals surface area (Å²) < 4.78 is 0. The van der Waals surface area contributed by atoms with Gasteiger partial charge in [-0.25, -0.2) is 4.79 Å². The van der Waals surface area contributed by atoms with Crippen molar-refractivity contribution in [2.24, 2.45) is 17.8 Å². The number of hydrogen-bond acceptors (Lipinski definition) is 3. The Balaban J connectivity index is 1.70. The van der Waals surface area contributed by atoms with Crippen LogP contribution in [0, 0.1) is 24.2 Å². The van der Waals surface area contributed by atoms with Crippen LogP contribution >= 0.6 is 0 Å². The fraction of sp³-hybridized carbons (Fsp3) is 0.364. The van der Waals surface area contributed by atoms with Crippen molar-refractivity contribution in [3.05, 3.63) is 66.6 Å². The number of piperidine rings is 1. The highest BCUT2D eigenvalue weighted by atomic mass is 16.2. The Bertz CT molecular complexity index is 767. The van der Waals surface area contributed by atoms with E-state index < -0.39 is 23.9 Å². The summed E-state index contributed by atoms with van der Waals surface area (Å²) in [6.07, 6.45) is 11.5. The highest BCUT2D eigenvalue weighted by Gasteiger charge is 2.44. The Morgan fingerprint density at radius 2 is 1.85 bits per heavy atom. The van der Waals surface area contributed by atoms with E-state index in [2.05, 4.69) is 25.6 Å². The normalized spacial score (nSPS) is 24.0. The standard InChI is InChI=1S/C22H24N2O3/c1-15(2)12-17-14-21(26)24(19-11-7-6-10-18(17)19)22(27)23-20(25)13-16-8-4-3-5-9-16/h3-11,15,17-19H,12-13H2,1-2H3,(H,23,25,27). The molecule has 27 heavy (non-hydrogen) atoms. The number of rotatable bonds is 4. The zero-order valence-electron chi connectivity index (χ0n) is 15.6. The monoisotopic (exact) mass is 364 g/mol. The molecule has 1 heterocycles. The molecule has 1 aromatic carbocycles. The molecule has 3 unspecified atom stereocenters. The number of nitrogens with zero attached hydrogens (tertiary/aromatic N) is 1. The number of amides is 4. The molecule has 5 heteroatoms.